The molecule has 0 radical (unpaired) electrons. The van der Waals surface area contributed by atoms with Crippen molar-refractivity contribution in [1.29, 1.82) is 0 Å². The molecule has 1 saturated carbocycles. The fraction of sp³-hybridized carbons (Fsp3) is 0.600. The van der Waals surface area contributed by atoms with Crippen LogP contribution >= 0.6 is 0 Å². The lowest BCUT2D eigenvalue weighted by molar-refractivity contribution is 0.159. The van der Waals surface area contributed by atoms with Crippen LogP contribution in [0.25, 0.3) is 0 Å². The lowest BCUT2D eigenvalue weighted by Crippen LogP contribution is -2.39. The van der Waals surface area contributed by atoms with E-state index in [1.807, 2.05) is 0 Å². The van der Waals surface area contributed by atoms with E-state index in [2.05, 4.69) is 49.1 Å². The van der Waals surface area contributed by atoms with E-state index in [4.69, 9.17) is 0 Å². The Morgan fingerprint density at radius 2 is 1.88 bits per heavy atom. The molecule has 16 heavy (non-hydrogen) atoms. The first kappa shape index (κ1) is 10.3. The zero-order valence-electron chi connectivity index (χ0n) is 10.3. The zero-order valence-corrected chi connectivity index (χ0v) is 10.3. The van der Waals surface area contributed by atoms with E-state index in [-0.39, 0.29) is 0 Å². The van der Waals surface area contributed by atoms with Gasteiger partial charge in [0.2, 0.25) is 0 Å². The molecule has 1 aromatic carbocycles. The van der Waals surface area contributed by atoms with E-state index in [1.54, 1.807) is 5.56 Å². The molecule has 0 N–H and O–H groups in total. The van der Waals surface area contributed by atoms with E-state index in [9.17, 15) is 0 Å². The lowest BCUT2D eigenvalue weighted by Gasteiger charge is -2.34. The maximum absolute atomic E-state index is 2.70. The van der Waals surface area contributed by atoms with Crippen LogP contribution in [0.2, 0.25) is 0 Å². The normalized spacial score (nSPS) is 33.8. The fourth-order valence-electron chi connectivity index (χ4n) is 3.73. The lowest BCUT2D eigenvalue weighted by atomic mass is 9.87. The van der Waals surface area contributed by atoms with Gasteiger partial charge >= 0.3 is 0 Å². The summed E-state index contributed by atoms with van der Waals surface area (Å²) in [7, 11) is 0. The average Bonchev–Trinajstić information content (AvgIpc) is 2.89. The highest BCUT2D eigenvalue weighted by molar-refractivity contribution is 5.24. The Kier molecular flexibility index (Phi) is 2.51. The van der Waals surface area contributed by atoms with Crippen LogP contribution in [0, 0.1) is 5.92 Å². The van der Waals surface area contributed by atoms with E-state index in [0.29, 0.717) is 0 Å². The summed E-state index contributed by atoms with van der Waals surface area (Å²) in [6.07, 6.45) is 2.81. The Bertz CT molecular complexity index is 357. The number of fused-ring (bicyclic) bond motifs is 2. The predicted octanol–water partition coefficient (Wildman–Crippen LogP) is 3.27. The summed E-state index contributed by atoms with van der Waals surface area (Å²) in [6, 6.07) is 12.7. The molecule has 1 aliphatic heterocycles. The van der Waals surface area contributed by atoms with Crippen molar-refractivity contribution in [3.05, 3.63) is 35.9 Å². The fourth-order valence-corrected chi connectivity index (χ4v) is 3.73. The van der Waals surface area contributed by atoms with Gasteiger partial charge in [-0.25, -0.2) is 0 Å². The number of hydrogen-bond donors (Lipinski definition) is 0. The number of rotatable bonds is 2. The molecule has 3 unspecified atom stereocenters. The van der Waals surface area contributed by atoms with Gasteiger partial charge in [-0.05, 0) is 44.1 Å². The summed E-state index contributed by atoms with van der Waals surface area (Å²) in [5.41, 5.74) is 1.57. The van der Waals surface area contributed by atoms with Gasteiger partial charge in [0.1, 0.15) is 0 Å². The van der Waals surface area contributed by atoms with Gasteiger partial charge in [-0.15, -0.1) is 0 Å². The van der Waals surface area contributed by atoms with Crippen LogP contribution in [0.4, 0.5) is 0 Å². The number of nitrogens with zero attached hydrogens (tertiary/aromatic N) is 1. The van der Waals surface area contributed by atoms with E-state index in [1.165, 1.54) is 19.4 Å². The molecular formula is C15H21N. The van der Waals surface area contributed by atoms with Crippen LogP contribution in [0.3, 0.4) is 0 Å². The maximum Gasteiger partial charge on any atom is 0.0107 e. The monoisotopic (exact) mass is 215 g/mol. The van der Waals surface area contributed by atoms with Crippen LogP contribution in [-0.4, -0.2) is 23.5 Å². The minimum absolute atomic E-state index is 0.728. The van der Waals surface area contributed by atoms with E-state index < -0.39 is 0 Å². The van der Waals surface area contributed by atoms with Gasteiger partial charge in [0.05, 0.1) is 0 Å². The van der Waals surface area contributed by atoms with Crippen LogP contribution in [0.15, 0.2) is 30.3 Å². The molecule has 2 aliphatic rings. The molecule has 1 aliphatic carbocycles. The SMILES string of the molecule is CC(C)N1CC2CC1CC2c1ccccc1. The first-order valence-electron chi connectivity index (χ1n) is 6.56. The number of benzene rings is 1. The Morgan fingerprint density at radius 1 is 1.12 bits per heavy atom. The summed E-state index contributed by atoms with van der Waals surface area (Å²) in [4.78, 5) is 2.70. The third-order valence-electron chi connectivity index (χ3n) is 4.48. The van der Waals surface area contributed by atoms with Crippen molar-refractivity contribution >= 4 is 0 Å². The van der Waals surface area contributed by atoms with Crippen LogP contribution < -0.4 is 0 Å². The zero-order chi connectivity index (χ0) is 11.1. The van der Waals surface area contributed by atoms with Crippen molar-refractivity contribution in [2.24, 2.45) is 5.92 Å². The molecule has 0 aromatic heterocycles. The van der Waals surface area contributed by atoms with Gasteiger partial charge in [-0.3, -0.25) is 4.90 Å². The summed E-state index contributed by atoms with van der Waals surface area (Å²) in [5, 5.41) is 0. The first-order valence-corrected chi connectivity index (χ1v) is 6.56. The Hall–Kier alpha value is -0.820. The Morgan fingerprint density at radius 3 is 2.44 bits per heavy atom. The molecule has 0 amide bonds. The molecule has 2 bridgehead atoms. The van der Waals surface area contributed by atoms with E-state index >= 15 is 0 Å². The van der Waals surface area contributed by atoms with Gasteiger partial charge in [-0.1, -0.05) is 30.3 Å². The van der Waals surface area contributed by atoms with Crippen LogP contribution in [0.1, 0.15) is 38.2 Å². The molecular weight excluding hydrogens is 194 g/mol. The number of piperidine rings is 1. The van der Waals surface area contributed by atoms with E-state index in [0.717, 1.165) is 23.9 Å². The topological polar surface area (TPSA) is 3.24 Å². The van der Waals surface area contributed by atoms with Crippen molar-refractivity contribution in [3.63, 3.8) is 0 Å². The van der Waals surface area contributed by atoms with Crippen molar-refractivity contribution in [3.8, 4) is 0 Å². The van der Waals surface area contributed by atoms with Crippen molar-refractivity contribution in [2.45, 2.75) is 44.7 Å². The number of hydrogen-bond acceptors (Lipinski definition) is 1. The van der Waals surface area contributed by atoms with Crippen LogP contribution in [0.5, 0.6) is 0 Å². The third-order valence-corrected chi connectivity index (χ3v) is 4.48. The second kappa shape index (κ2) is 3.89. The highest BCUT2D eigenvalue weighted by atomic mass is 15.2. The van der Waals surface area contributed by atoms with Crippen molar-refractivity contribution in [2.75, 3.05) is 6.54 Å². The molecule has 0 spiro atoms. The molecule has 1 heterocycles. The molecule has 2 fully saturated rings. The predicted molar refractivity (Wildman–Crippen MR) is 67.5 cm³/mol. The van der Waals surface area contributed by atoms with Gasteiger partial charge in [0.25, 0.3) is 0 Å². The molecule has 1 saturated heterocycles. The molecule has 1 heteroatoms. The minimum Gasteiger partial charge on any atom is -0.298 e. The second-order valence-electron chi connectivity index (χ2n) is 5.69. The Labute approximate surface area is 98.5 Å². The summed E-state index contributed by atoms with van der Waals surface area (Å²) in [6.45, 7) is 5.98. The highest BCUT2D eigenvalue weighted by Gasteiger charge is 2.45. The number of likely N-dealkylation sites (tertiary alicyclic amines) is 1. The molecule has 86 valence electrons. The Balaban J connectivity index is 1.76. The summed E-state index contributed by atoms with van der Waals surface area (Å²) < 4.78 is 0. The second-order valence-corrected chi connectivity index (χ2v) is 5.69. The summed E-state index contributed by atoms with van der Waals surface area (Å²) >= 11 is 0. The maximum atomic E-state index is 2.70. The van der Waals surface area contributed by atoms with Crippen molar-refractivity contribution < 1.29 is 0 Å². The van der Waals surface area contributed by atoms with Crippen molar-refractivity contribution in [1.82, 2.24) is 4.90 Å². The highest BCUT2D eigenvalue weighted by Crippen LogP contribution is 2.47. The quantitative estimate of drug-likeness (QED) is 0.732. The third kappa shape index (κ3) is 1.58. The smallest absolute Gasteiger partial charge is 0.0107 e. The van der Waals surface area contributed by atoms with Gasteiger partial charge < -0.3 is 0 Å². The summed E-state index contributed by atoms with van der Waals surface area (Å²) in [5.74, 6) is 1.75. The molecule has 1 aromatic rings. The average molecular weight is 215 g/mol. The minimum atomic E-state index is 0.728. The van der Waals surface area contributed by atoms with Crippen LogP contribution in [-0.2, 0) is 0 Å². The first-order chi connectivity index (χ1) is 7.75. The molecule has 3 rings (SSSR count). The molecule has 1 nitrogen and oxygen atoms in total. The largest absolute Gasteiger partial charge is 0.298 e. The van der Waals surface area contributed by atoms with Gasteiger partial charge in [0, 0.05) is 18.6 Å². The standard InChI is InChI=1S/C15H21N/c1-11(2)16-10-13-8-14(16)9-15(13)12-6-4-3-5-7-12/h3-7,11,13-15H,8-10H2,1-2H3. The van der Waals surface area contributed by atoms with Gasteiger partial charge in [-0.2, -0.15) is 0 Å². The van der Waals surface area contributed by atoms with Gasteiger partial charge in [0.15, 0.2) is 0 Å². The molecule has 3 atom stereocenters.